The molecular formula is C16H19N3O5. The molecule has 0 radical (unpaired) electrons. The number of pyridine rings is 1. The number of ether oxygens (including phenoxy) is 1. The van der Waals surface area contributed by atoms with Gasteiger partial charge in [0.2, 0.25) is 0 Å². The summed E-state index contributed by atoms with van der Waals surface area (Å²) in [6.45, 7) is 0.629. The highest BCUT2D eigenvalue weighted by atomic mass is 16.5. The maximum atomic E-state index is 12.4. The molecule has 1 aliphatic heterocycles. The number of anilines is 1. The Hall–Kier alpha value is -2.64. The molecule has 2 fully saturated rings. The van der Waals surface area contributed by atoms with Crippen LogP contribution in [-0.4, -0.2) is 53.2 Å². The molecule has 0 spiro atoms. The summed E-state index contributed by atoms with van der Waals surface area (Å²) in [5.74, 6) is -1.13. The lowest BCUT2D eigenvalue weighted by Crippen LogP contribution is -2.38. The molecule has 1 saturated heterocycles. The van der Waals surface area contributed by atoms with Gasteiger partial charge in [-0.1, -0.05) is 6.42 Å². The van der Waals surface area contributed by atoms with Crippen molar-refractivity contribution in [2.75, 3.05) is 25.5 Å². The second kappa shape index (κ2) is 6.10. The fourth-order valence-electron chi connectivity index (χ4n) is 3.73. The molecule has 2 heterocycles. The van der Waals surface area contributed by atoms with E-state index in [0.717, 1.165) is 12.8 Å². The fraction of sp³-hybridized carbons (Fsp3) is 0.500. The first-order valence-electron chi connectivity index (χ1n) is 7.80. The van der Waals surface area contributed by atoms with Crippen molar-refractivity contribution in [2.45, 2.75) is 19.3 Å². The van der Waals surface area contributed by atoms with E-state index in [1.165, 1.54) is 30.3 Å². The van der Waals surface area contributed by atoms with Crippen LogP contribution in [0.2, 0.25) is 0 Å². The Morgan fingerprint density at radius 3 is 2.92 bits per heavy atom. The number of hydrogen-bond donors (Lipinski definition) is 2. The van der Waals surface area contributed by atoms with Gasteiger partial charge in [0.15, 0.2) is 0 Å². The third kappa shape index (κ3) is 2.68. The van der Waals surface area contributed by atoms with Gasteiger partial charge in [-0.3, -0.25) is 10.1 Å². The SMILES string of the molecule is COC(=O)c1ccnc(NC(=O)N2C[C@@H]3CCC[C@@]3(C(=O)O)C2)c1. The van der Waals surface area contributed by atoms with Crippen LogP contribution in [0.15, 0.2) is 18.3 Å². The molecule has 2 aliphatic rings. The number of nitrogens with zero attached hydrogens (tertiary/aromatic N) is 2. The third-order valence-corrected chi connectivity index (χ3v) is 5.00. The van der Waals surface area contributed by atoms with Gasteiger partial charge in [0.1, 0.15) is 5.82 Å². The lowest BCUT2D eigenvalue weighted by Gasteiger charge is -2.23. The van der Waals surface area contributed by atoms with Crippen molar-refractivity contribution in [1.29, 1.82) is 0 Å². The molecule has 1 aromatic rings. The van der Waals surface area contributed by atoms with Crippen molar-refractivity contribution in [1.82, 2.24) is 9.88 Å². The van der Waals surface area contributed by atoms with Crippen LogP contribution in [0.5, 0.6) is 0 Å². The predicted octanol–water partition coefficient (Wildman–Crippen LogP) is 1.59. The maximum Gasteiger partial charge on any atom is 0.338 e. The minimum absolute atomic E-state index is 0.00453. The summed E-state index contributed by atoms with van der Waals surface area (Å²) < 4.78 is 4.63. The second-order valence-electron chi connectivity index (χ2n) is 6.28. The normalized spacial score (nSPS) is 25.2. The van der Waals surface area contributed by atoms with E-state index >= 15 is 0 Å². The summed E-state index contributed by atoms with van der Waals surface area (Å²) in [5.41, 5.74) is -0.540. The van der Waals surface area contributed by atoms with Crippen LogP contribution >= 0.6 is 0 Å². The summed E-state index contributed by atoms with van der Waals surface area (Å²) in [6, 6.07) is 2.51. The number of hydrogen-bond acceptors (Lipinski definition) is 5. The molecule has 2 N–H and O–H groups in total. The molecule has 128 valence electrons. The first kappa shape index (κ1) is 16.2. The predicted molar refractivity (Wildman–Crippen MR) is 83.6 cm³/mol. The topological polar surface area (TPSA) is 109 Å². The molecule has 0 bridgehead atoms. The van der Waals surface area contributed by atoms with Crippen LogP contribution in [0, 0.1) is 11.3 Å². The largest absolute Gasteiger partial charge is 0.481 e. The van der Waals surface area contributed by atoms with E-state index in [0.29, 0.717) is 13.0 Å². The number of esters is 1. The minimum atomic E-state index is -0.828. The van der Waals surface area contributed by atoms with E-state index < -0.39 is 23.4 Å². The molecule has 0 aromatic carbocycles. The van der Waals surface area contributed by atoms with Crippen molar-refractivity contribution in [2.24, 2.45) is 11.3 Å². The van der Waals surface area contributed by atoms with Crippen LogP contribution < -0.4 is 5.32 Å². The van der Waals surface area contributed by atoms with Gasteiger partial charge in [0.25, 0.3) is 0 Å². The highest BCUT2D eigenvalue weighted by molar-refractivity contribution is 5.93. The lowest BCUT2D eigenvalue weighted by atomic mass is 9.81. The number of carboxylic acids is 1. The Morgan fingerprint density at radius 1 is 1.46 bits per heavy atom. The van der Waals surface area contributed by atoms with Crippen LogP contribution in [0.25, 0.3) is 0 Å². The van der Waals surface area contributed by atoms with Crippen LogP contribution in [-0.2, 0) is 9.53 Å². The Bertz CT molecular complexity index is 692. The number of likely N-dealkylation sites (tertiary alicyclic amines) is 1. The van der Waals surface area contributed by atoms with E-state index in [9.17, 15) is 19.5 Å². The molecule has 8 heteroatoms. The summed E-state index contributed by atoms with van der Waals surface area (Å²) >= 11 is 0. The Labute approximate surface area is 138 Å². The highest BCUT2D eigenvalue weighted by Gasteiger charge is 2.55. The zero-order valence-electron chi connectivity index (χ0n) is 13.3. The van der Waals surface area contributed by atoms with E-state index in [4.69, 9.17) is 0 Å². The number of carboxylic acid groups (broad SMARTS) is 1. The molecule has 1 aliphatic carbocycles. The minimum Gasteiger partial charge on any atom is -0.481 e. The molecule has 0 unspecified atom stereocenters. The molecule has 24 heavy (non-hydrogen) atoms. The van der Waals surface area contributed by atoms with Crippen LogP contribution in [0.1, 0.15) is 29.6 Å². The van der Waals surface area contributed by atoms with Gasteiger partial charge in [-0.25, -0.2) is 14.6 Å². The van der Waals surface area contributed by atoms with Crippen molar-refractivity contribution >= 4 is 23.8 Å². The number of fused-ring (bicyclic) bond motifs is 1. The van der Waals surface area contributed by atoms with E-state index in [1.807, 2.05) is 0 Å². The molecule has 8 nitrogen and oxygen atoms in total. The molecular weight excluding hydrogens is 314 g/mol. The van der Waals surface area contributed by atoms with Gasteiger partial charge >= 0.3 is 18.0 Å². The Balaban J connectivity index is 1.71. The monoisotopic (exact) mass is 333 g/mol. The maximum absolute atomic E-state index is 12.4. The lowest BCUT2D eigenvalue weighted by molar-refractivity contribution is -0.149. The number of carbonyl (C=O) groups excluding carboxylic acids is 2. The van der Waals surface area contributed by atoms with Gasteiger partial charge in [0.05, 0.1) is 18.1 Å². The van der Waals surface area contributed by atoms with Crippen LogP contribution in [0.4, 0.5) is 10.6 Å². The number of carbonyl (C=O) groups is 3. The first-order chi connectivity index (χ1) is 11.5. The first-order valence-corrected chi connectivity index (χ1v) is 7.80. The number of amides is 2. The number of aromatic nitrogens is 1. The fourth-order valence-corrected chi connectivity index (χ4v) is 3.73. The number of nitrogens with one attached hydrogen (secondary N) is 1. The van der Waals surface area contributed by atoms with Crippen molar-refractivity contribution in [3.63, 3.8) is 0 Å². The van der Waals surface area contributed by atoms with Gasteiger partial charge in [-0.15, -0.1) is 0 Å². The standard InChI is InChI=1S/C16H19N3O5/c1-24-13(20)10-4-6-17-12(7-10)18-15(23)19-8-11-3-2-5-16(11,9-19)14(21)22/h4,6-7,11H,2-3,5,8-9H2,1H3,(H,21,22)(H,17,18,23)/t11-,16+/m0/s1. The van der Waals surface area contributed by atoms with Gasteiger partial charge in [0, 0.05) is 19.3 Å². The Kier molecular flexibility index (Phi) is 4.13. The van der Waals surface area contributed by atoms with Gasteiger partial charge in [-0.2, -0.15) is 0 Å². The molecule has 2 atom stereocenters. The zero-order chi connectivity index (χ0) is 17.3. The number of methoxy groups -OCH3 is 1. The molecule has 3 rings (SSSR count). The zero-order valence-corrected chi connectivity index (χ0v) is 13.3. The third-order valence-electron chi connectivity index (χ3n) is 5.00. The number of rotatable bonds is 3. The van der Waals surface area contributed by atoms with Crippen molar-refractivity contribution in [3.8, 4) is 0 Å². The van der Waals surface area contributed by atoms with E-state index in [2.05, 4.69) is 15.0 Å². The Morgan fingerprint density at radius 2 is 2.25 bits per heavy atom. The smallest absolute Gasteiger partial charge is 0.338 e. The summed E-state index contributed by atoms with van der Waals surface area (Å²) in [4.78, 5) is 41.1. The second-order valence-corrected chi connectivity index (χ2v) is 6.28. The van der Waals surface area contributed by atoms with E-state index in [-0.39, 0.29) is 23.8 Å². The average molecular weight is 333 g/mol. The quantitative estimate of drug-likeness (QED) is 0.813. The van der Waals surface area contributed by atoms with E-state index in [1.54, 1.807) is 0 Å². The van der Waals surface area contributed by atoms with Gasteiger partial charge < -0.3 is 14.7 Å². The van der Waals surface area contributed by atoms with Crippen molar-refractivity contribution in [3.05, 3.63) is 23.9 Å². The van der Waals surface area contributed by atoms with Crippen LogP contribution in [0.3, 0.4) is 0 Å². The average Bonchev–Trinajstić information content (AvgIpc) is 3.12. The number of aliphatic carboxylic acids is 1. The molecule has 1 saturated carbocycles. The summed E-state index contributed by atoms with van der Waals surface area (Å²) in [6.07, 6.45) is 3.72. The van der Waals surface area contributed by atoms with Crippen molar-refractivity contribution < 1.29 is 24.2 Å². The highest BCUT2D eigenvalue weighted by Crippen LogP contribution is 2.48. The number of urea groups is 1. The summed E-state index contributed by atoms with van der Waals surface area (Å²) in [7, 11) is 1.27. The molecule has 2 amide bonds. The van der Waals surface area contributed by atoms with Gasteiger partial charge in [-0.05, 0) is 30.9 Å². The molecule has 1 aromatic heterocycles. The summed E-state index contributed by atoms with van der Waals surface area (Å²) in [5, 5.41) is 12.2.